The summed E-state index contributed by atoms with van der Waals surface area (Å²) in [5.41, 5.74) is 0.411. The smallest absolute Gasteiger partial charge is 0.240 e. The highest BCUT2D eigenvalue weighted by molar-refractivity contribution is 7.71. The molecular weight excluding hydrogens is 320 g/mol. The minimum absolute atomic E-state index is 0.0445. The molecule has 0 bridgehead atoms. The Morgan fingerprint density at radius 1 is 1.33 bits per heavy atom. The molecule has 2 rings (SSSR count). The number of H-pyrrole nitrogens is 1. The standard InChI is InChI=1S/C18H32N4OS/c1-5-7-15-20-21-17(24)22(15)12-16(23)19-14-10-8-13(9-11-14)18(3,4)6-2/h13-14H,5-12H2,1-4H3,(H,19,23)(H,21,24). The molecule has 1 aliphatic carbocycles. The second-order valence-electron chi connectivity index (χ2n) is 7.74. The van der Waals surface area contributed by atoms with Crippen LogP contribution in [0.3, 0.4) is 0 Å². The van der Waals surface area contributed by atoms with E-state index >= 15 is 0 Å². The first-order valence-electron chi connectivity index (χ1n) is 9.30. The summed E-state index contributed by atoms with van der Waals surface area (Å²) < 4.78 is 2.35. The minimum Gasteiger partial charge on any atom is -0.352 e. The van der Waals surface area contributed by atoms with E-state index in [1.165, 1.54) is 19.3 Å². The third-order valence-electron chi connectivity index (χ3n) is 5.72. The highest BCUT2D eigenvalue weighted by Crippen LogP contribution is 2.40. The van der Waals surface area contributed by atoms with Crippen molar-refractivity contribution >= 4 is 18.1 Å². The third kappa shape index (κ3) is 4.68. The molecule has 0 spiro atoms. The molecule has 0 atom stereocenters. The molecule has 0 unspecified atom stereocenters. The number of aromatic nitrogens is 3. The third-order valence-corrected chi connectivity index (χ3v) is 6.03. The molecule has 1 saturated carbocycles. The quantitative estimate of drug-likeness (QED) is 0.729. The molecule has 1 aromatic heterocycles. The first-order valence-corrected chi connectivity index (χ1v) is 9.71. The molecule has 1 fully saturated rings. The van der Waals surface area contributed by atoms with Crippen molar-refractivity contribution in [1.82, 2.24) is 20.1 Å². The van der Waals surface area contributed by atoms with Crippen LogP contribution in [-0.4, -0.2) is 26.7 Å². The van der Waals surface area contributed by atoms with Gasteiger partial charge in [0.15, 0.2) is 4.77 Å². The maximum Gasteiger partial charge on any atom is 0.240 e. The molecule has 136 valence electrons. The minimum atomic E-state index is 0.0445. The number of amides is 1. The van der Waals surface area contributed by atoms with E-state index in [-0.39, 0.29) is 12.5 Å². The largest absolute Gasteiger partial charge is 0.352 e. The van der Waals surface area contributed by atoms with Gasteiger partial charge in [-0.15, -0.1) is 0 Å². The fraction of sp³-hybridized carbons (Fsp3) is 0.833. The fourth-order valence-electron chi connectivity index (χ4n) is 3.65. The van der Waals surface area contributed by atoms with Crippen LogP contribution in [0.15, 0.2) is 0 Å². The van der Waals surface area contributed by atoms with Crippen molar-refractivity contribution in [2.24, 2.45) is 11.3 Å². The van der Waals surface area contributed by atoms with E-state index in [0.29, 0.717) is 16.2 Å². The van der Waals surface area contributed by atoms with Crippen LogP contribution in [0.25, 0.3) is 0 Å². The molecule has 2 N–H and O–H groups in total. The normalized spacial score (nSPS) is 21.7. The molecule has 0 saturated heterocycles. The predicted molar refractivity (Wildman–Crippen MR) is 99.4 cm³/mol. The van der Waals surface area contributed by atoms with Crippen LogP contribution >= 0.6 is 12.2 Å². The maximum atomic E-state index is 12.4. The Labute approximate surface area is 150 Å². The van der Waals surface area contributed by atoms with Gasteiger partial charge in [0, 0.05) is 12.5 Å². The molecule has 24 heavy (non-hydrogen) atoms. The summed E-state index contributed by atoms with van der Waals surface area (Å²) in [5.74, 6) is 1.68. The Morgan fingerprint density at radius 3 is 2.58 bits per heavy atom. The highest BCUT2D eigenvalue weighted by atomic mass is 32.1. The molecule has 0 aromatic carbocycles. The first kappa shape index (κ1) is 19.2. The molecule has 6 heteroatoms. The predicted octanol–water partition coefficient (Wildman–Crippen LogP) is 4.00. The van der Waals surface area contributed by atoms with Crippen LogP contribution < -0.4 is 5.32 Å². The summed E-state index contributed by atoms with van der Waals surface area (Å²) in [7, 11) is 0. The molecule has 1 heterocycles. The zero-order valence-corrected chi connectivity index (χ0v) is 16.3. The lowest BCUT2D eigenvalue weighted by molar-refractivity contribution is -0.122. The number of nitrogens with one attached hydrogen (secondary N) is 2. The molecular formula is C18H32N4OS. The first-order chi connectivity index (χ1) is 11.4. The molecule has 1 amide bonds. The number of nitrogens with zero attached hydrogens (tertiary/aromatic N) is 2. The van der Waals surface area contributed by atoms with Gasteiger partial charge in [-0.25, -0.2) is 0 Å². The van der Waals surface area contributed by atoms with Crippen LogP contribution in [0, 0.1) is 16.1 Å². The van der Waals surface area contributed by atoms with E-state index in [1.807, 2.05) is 4.57 Å². The van der Waals surface area contributed by atoms with Gasteiger partial charge in [-0.1, -0.05) is 34.1 Å². The van der Waals surface area contributed by atoms with E-state index in [0.717, 1.165) is 37.4 Å². The van der Waals surface area contributed by atoms with Gasteiger partial charge in [0.25, 0.3) is 0 Å². The monoisotopic (exact) mass is 352 g/mol. The summed E-state index contributed by atoms with van der Waals surface area (Å²) in [6.45, 7) is 9.37. The van der Waals surface area contributed by atoms with Gasteiger partial charge >= 0.3 is 0 Å². The average molecular weight is 353 g/mol. The van der Waals surface area contributed by atoms with Crippen molar-refractivity contribution in [3.05, 3.63) is 10.6 Å². The number of aromatic amines is 1. The van der Waals surface area contributed by atoms with Crippen LogP contribution in [-0.2, 0) is 17.8 Å². The lowest BCUT2D eigenvalue weighted by Gasteiger charge is -2.39. The van der Waals surface area contributed by atoms with Crippen molar-refractivity contribution in [1.29, 1.82) is 0 Å². The number of carbonyl (C=O) groups excluding carboxylic acids is 1. The fourth-order valence-corrected chi connectivity index (χ4v) is 3.87. The number of hydrogen-bond acceptors (Lipinski definition) is 3. The van der Waals surface area contributed by atoms with Crippen LogP contribution in [0.1, 0.15) is 72.0 Å². The Kier molecular flexibility index (Phi) is 6.61. The van der Waals surface area contributed by atoms with Gasteiger partial charge in [-0.2, -0.15) is 5.10 Å². The zero-order valence-electron chi connectivity index (χ0n) is 15.5. The molecule has 5 nitrogen and oxygen atoms in total. The number of carbonyl (C=O) groups is 1. The Hall–Kier alpha value is -1.17. The van der Waals surface area contributed by atoms with Gasteiger partial charge in [0.1, 0.15) is 12.4 Å². The highest BCUT2D eigenvalue weighted by Gasteiger charge is 2.32. The molecule has 0 aliphatic heterocycles. The SMILES string of the molecule is CCCc1n[nH]c(=S)n1CC(=O)NC1CCC(C(C)(C)CC)CC1. The topological polar surface area (TPSA) is 62.7 Å². The lowest BCUT2D eigenvalue weighted by Crippen LogP contribution is -2.41. The van der Waals surface area contributed by atoms with E-state index in [1.54, 1.807) is 0 Å². The van der Waals surface area contributed by atoms with E-state index in [2.05, 4.69) is 43.2 Å². The summed E-state index contributed by atoms with van der Waals surface area (Å²) in [6, 6.07) is 0.303. The average Bonchev–Trinajstić information content (AvgIpc) is 2.89. The van der Waals surface area contributed by atoms with Crippen molar-refractivity contribution in [2.75, 3.05) is 0 Å². The van der Waals surface area contributed by atoms with Crippen LogP contribution in [0.5, 0.6) is 0 Å². The summed E-state index contributed by atoms with van der Waals surface area (Å²) in [6.07, 6.45) is 7.61. The van der Waals surface area contributed by atoms with Gasteiger partial charge in [0.05, 0.1) is 0 Å². The zero-order chi connectivity index (χ0) is 17.7. The molecule has 1 aromatic rings. The van der Waals surface area contributed by atoms with E-state index < -0.39 is 0 Å². The Morgan fingerprint density at radius 2 is 2.00 bits per heavy atom. The van der Waals surface area contributed by atoms with Gasteiger partial charge in [0.2, 0.25) is 5.91 Å². The van der Waals surface area contributed by atoms with Gasteiger partial charge < -0.3 is 5.32 Å². The molecule has 1 aliphatic rings. The van der Waals surface area contributed by atoms with Crippen molar-refractivity contribution < 1.29 is 4.79 Å². The van der Waals surface area contributed by atoms with Gasteiger partial charge in [-0.05, 0) is 55.7 Å². The number of aryl methyl sites for hydroxylation is 1. The summed E-state index contributed by atoms with van der Waals surface area (Å²) in [5, 5.41) is 10.2. The van der Waals surface area contributed by atoms with Crippen molar-refractivity contribution in [3.8, 4) is 0 Å². The van der Waals surface area contributed by atoms with Crippen LogP contribution in [0.2, 0.25) is 0 Å². The second-order valence-corrected chi connectivity index (χ2v) is 8.13. The summed E-state index contributed by atoms with van der Waals surface area (Å²) in [4.78, 5) is 12.4. The van der Waals surface area contributed by atoms with Crippen molar-refractivity contribution in [2.45, 2.75) is 85.2 Å². The Balaban J connectivity index is 1.86. The van der Waals surface area contributed by atoms with E-state index in [9.17, 15) is 4.79 Å². The number of hydrogen-bond donors (Lipinski definition) is 2. The Bertz CT molecular complexity index is 596. The van der Waals surface area contributed by atoms with Crippen molar-refractivity contribution in [3.63, 3.8) is 0 Å². The number of rotatable bonds is 7. The molecule has 0 radical (unpaired) electrons. The summed E-state index contributed by atoms with van der Waals surface area (Å²) >= 11 is 5.24. The maximum absolute atomic E-state index is 12.4. The van der Waals surface area contributed by atoms with Gasteiger partial charge in [-0.3, -0.25) is 14.5 Å². The van der Waals surface area contributed by atoms with Crippen LogP contribution in [0.4, 0.5) is 0 Å². The second kappa shape index (κ2) is 8.28. The van der Waals surface area contributed by atoms with E-state index in [4.69, 9.17) is 12.2 Å². The lowest BCUT2D eigenvalue weighted by atomic mass is 9.69.